The van der Waals surface area contributed by atoms with Crippen LogP contribution < -0.4 is 14.2 Å². The molecule has 0 amide bonds. The SMILES string of the molecule is CCOc1ccc(-c2noc(CNS(=O)(=O)c3ccc4c(c3)CCC(C)(C)O4)n2)cc1. The van der Waals surface area contributed by atoms with Crippen molar-refractivity contribution in [3.8, 4) is 22.9 Å². The number of benzene rings is 2. The third-order valence-electron chi connectivity index (χ3n) is 5.03. The Kier molecular flexibility index (Phi) is 5.72. The highest BCUT2D eigenvalue weighted by molar-refractivity contribution is 7.89. The number of nitrogens with zero attached hydrogens (tertiary/aromatic N) is 2. The van der Waals surface area contributed by atoms with Crippen molar-refractivity contribution in [3.05, 3.63) is 53.9 Å². The van der Waals surface area contributed by atoms with Crippen LogP contribution in [0.2, 0.25) is 0 Å². The second-order valence-electron chi connectivity index (χ2n) is 7.92. The topological polar surface area (TPSA) is 104 Å². The van der Waals surface area contributed by atoms with Gasteiger partial charge in [-0.05, 0) is 81.6 Å². The summed E-state index contributed by atoms with van der Waals surface area (Å²) >= 11 is 0. The zero-order valence-corrected chi connectivity index (χ0v) is 18.5. The first-order valence-electron chi connectivity index (χ1n) is 10.1. The number of fused-ring (bicyclic) bond motifs is 1. The molecule has 0 saturated heterocycles. The van der Waals surface area contributed by atoms with E-state index in [9.17, 15) is 8.42 Å². The summed E-state index contributed by atoms with van der Waals surface area (Å²) in [4.78, 5) is 4.45. The lowest BCUT2D eigenvalue weighted by molar-refractivity contribution is 0.0845. The fourth-order valence-corrected chi connectivity index (χ4v) is 4.38. The second-order valence-corrected chi connectivity index (χ2v) is 9.69. The lowest BCUT2D eigenvalue weighted by Crippen LogP contribution is -2.32. The Hall–Kier alpha value is -2.91. The fourth-order valence-electron chi connectivity index (χ4n) is 3.35. The number of hydrogen-bond acceptors (Lipinski definition) is 7. The molecule has 0 fully saturated rings. The normalized spacial score (nSPS) is 15.2. The van der Waals surface area contributed by atoms with E-state index in [4.69, 9.17) is 14.0 Å². The van der Waals surface area contributed by atoms with Crippen molar-refractivity contribution < 1.29 is 22.4 Å². The Balaban J connectivity index is 1.43. The standard InChI is InChI=1S/C22H25N3O5S/c1-4-28-17-7-5-15(6-8-17)21-24-20(30-25-21)14-23-31(26,27)18-9-10-19-16(13-18)11-12-22(2,3)29-19/h5-10,13,23H,4,11-12,14H2,1-3H3. The fraction of sp³-hybridized carbons (Fsp3) is 0.364. The number of rotatable bonds is 7. The van der Waals surface area contributed by atoms with Gasteiger partial charge in [0.05, 0.1) is 18.0 Å². The van der Waals surface area contributed by atoms with Crippen LogP contribution in [0.4, 0.5) is 0 Å². The van der Waals surface area contributed by atoms with Crippen LogP contribution in [0.5, 0.6) is 11.5 Å². The molecule has 2 aromatic carbocycles. The van der Waals surface area contributed by atoms with E-state index in [1.807, 2.05) is 45.0 Å². The molecule has 9 heteroatoms. The molecule has 0 bridgehead atoms. The maximum atomic E-state index is 12.7. The summed E-state index contributed by atoms with van der Waals surface area (Å²) in [5.74, 6) is 2.04. The Labute approximate surface area is 181 Å². The van der Waals surface area contributed by atoms with Gasteiger partial charge in [0.25, 0.3) is 0 Å². The average Bonchev–Trinajstić information content (AvgIpc) is 3.21. The predicted octanol–water partition coefficient (Wildman–Crippen LogP) is 3.72. The van der Waals surface area contributed by atoms with E-state index in [-0.39, 0.29) is 22.9 Å². The minimum absolute atomic E-state index is 0.104. The zero-order valence-electron chi connectivity index (χ0n) is 17.7. The molecule has 0 unspecified atom stereocenters. The summed E-state index contributed by atoms with van der Waals surface area (Å²) in [6.07, 6.45) is 1.59. The first-order chi connectivity index (χ1) is 14.8. The highest BCUT2D eigenvalue weighted by Gasteiger charge is 2.28. The molecule has 1 N–H and O–H groups in total. The summed E-state index contributed by atoms with van der Waals surface area (Å²) in [6, 6.07) is 12.2. The molecule has 164 valence electrons. The molecule has 1 aliphatic rings. The molecule has 0 atom stereocenters. The van der Waals surface area contributed by atoms with Gasteiger partial charge in [0.15, 0.2) is 0 Å². The van der Waals surface area contributed by atoms with Crippen LogP contribution in [0.15, 0.2) is 51.9 Å². The van der Waals surface area contributed by atoms with E-state index in [1.165, 1.54) is 0 Å². The summed E-state index contributed by atoms with van der Waals surface area (Å²) in [5.41, 5.74) is 1.39. The van der Waals surface area contributed by atoms with E-state index in [0.717, 1.165) is 35.5 Å². The Morgan fingerprint density at radius 2 is 1.94 bits per heavy atom. The molecule has 1 aliphatic heterocycles. The number of nitrogens with one attached hydrogen (secondary N) is 1. The van der Waals surface area contributed by atoms with Gasteiger partial charge in [0.1, 0.15) is 17.1 Å². The minimum atomic E-state index is -3.74. The molecule has 0 aliphatic carbocycles. The quantitative estimate of drug-likeness (QED) is 0.593. The van der Waals surface area contributed by atoms with Crippen molar-refractivity contribution in [2.75, 3.05) is 6.61 Å². The maximum Gasteiger partial charge on any atom is 0.242 e. The Bertz CT molecular complexity index is 1170. The number of hydrogen-bond donors (Lipinski definition) is 1. The van der Waals surface area contributed by atoms with Gasteiger partial charge in [-0.2, -0.15) is 4.98 Å². The van der Waals surface area contributed by atoms with E-state index in [1.54, 1.807) is 18.2 Å². The van der Waals surface area contributed by atoms with Gasteiger partial charge in [-0.3, -0.25) is 0 Å². The van der Waals surface area contributed by atoms with Crippen molar-refractivity contribution in [3.63, 3.8) is 0 Å². The molecule has 3 aromatic rings. The first-order valence-corrected chi connectivity index (χ1v) is 11.6. The molecule has 2 heterocycles. The number of sulfonamides is 1. The van der Waals surface area contributed by atoms with Crippen LogP contribution >= 0.6 is 0 Å². The number of ether oxygens (including phenoxy) is 2. The molecular formula is C22H25N3O5S. The summed E-state index contributed by atoms with van der Waals surface area (Å²) in [5, 5.41) is 3.93. The summed E-state index contributed by atoms with van der Waals surface area (Å²) in [6.45, 7) is 6.44. The van der Waals surface area contributed by atoms with Crippen LogP contribution in [0, 0.1) is 0 Å². The Morgan fingerprint density at radius 1 is 1.16 bits per heavy atom. The van der Waals surface area contributed by atoms with E-state index in [2.05, 4.69) is 14.9 Å². The van der Waals surface area contributed by atoms with Crippen LogP contribution in [-0.2, 0) is 23.0 Å². The molecular weight excluding hydrogens is 418 g/mol. The number of aromatic nitrogens is 2. The third kappa shape index (κ3) is 4.88. The van der Waals surface area contributed by atoms with E-state index >= 15 is 0 Å². The monoisotopic (exact) mass is 443 g/mol. The molecule has 31 heavy (non-hydrogen) atoms. The predicted molar refractivity (Wildman–Crippen MR) is 114 cm³/mol. The minimum Gasteiger partial charge on any atom is -0.494 e. The van der Waals surface area contributed by atoms with Crippen LogP contribution in [-0.4, -0.2) is 30.8 Å². The smallest absolute Gasteiger partial charge is 0.242 e. The van der Waals surface area contributed by atoms with Crippen molar-refractivity contribution >= 4 is 10.0 Å². The van der Waals surface area contributed by atoms with Crippen LogP contribution in [0.1, 0.15) is 38.6 Å². The molecule has 0 spiro atoms. The summed E-state index contributed by atoms with van der Waals surface area (Å²) in [7, 11) is -3.74. The van der Waals surface area contributed by atoms with Crippen LogP contribution in [0.25, 0.3) is 11.4 Å². The molecule has 1 aromatic heterocycles. The lowest BCUT2D eigenvalue weighted by Gasteiger charge is -2.32. The first kappa shape index (κ1) is 21.3. The van der Waals surface area contributed by atoms with Gasteiger partial charge in [0, 0.05) is 5.56 Å². The summed E-state index contributed by atoms with van der Waals surface area (Å²) < 4.78 is 44.5. The van der Waals surface area contributed by atoms with Crippen molar-refractivity contribution in [1.82, 2.24) is 14.9 Å². The van der Waals surface area contributed by atoms with Crippen LogP contribution in [0.3, 0.4) is 0 Å². The Morgan fingerprint density at radius 3 is 2.68 bits per heavy atom. The number of aryl methyl sites for hydroxylation is 1. The van der Waals surface area contributed by atoms with Gasteiger partial charge in [-0.1, -0.05) is 5.16 Å². The second kappa shape index (κ2) is 8.32. The van der Waals surface area contributed by atoms with Gasteiger partial charge in [0.2, 0.25) is 21.7 Å². The highest BCUT2D eigenvalue weighted by Crippen LogP contribution is 2.34. The van der Waals surface area contributed by atoms with Gasteiger partial charge >= 0.3 is 0 Å². The van der Waals surface area contributed by atoms with Gasteiger partial charge in [-0.25, -0.2) is 13.1 Å². The molecule has 0 saturated carbocycles. The largest absolute Gasteiger partial charge is 0.494 e. The van der Waals surface area contributed by atoms with Crippen molar-refractivity contribution in [2.45, 2.75) is 50.7 Å². The van der Waals surface area contributed by atoms with Crippen molar-refractivity contribution in [2.24, 2.45) is 0 Å². The van der Waals surface area contributed by atoms with Gasteiger partial charge < -0.3 is 14.0 Å². The average molecular weight is 444 g/mol. The maximum absolute atomic E-state index is 12.7. The van der Waals surface area contributed by atoms with Crippen molar-refractivity contribution in [1.29, 1.82) is 0 Å². The molecule has 4 rings (SSSR count). The van der Waals surface area contributed by atoms with E-state index in [0.29, 0.717) is 12.4 Å². The molecule has 0 radical (unpaired) electrons. The lowest BCUT2D eigenvalue weighted by atomic mass is 9.94. The van der Waals surface area contributed by atoms with E-state index < -0.39 is 10.0 Å². The molecule has 8 nitrogen and oxygen atoms in total. The highest BCUT2D eigenvalue weighted by atomic mass is 32.2. The zero-order chi connectivity index (χ0) is 22.1. The third-order valence-corrected chi connectivity index (χ3v) is 6.43. The van der Waals surface area contributed by atoms with Gasteiger partial charge in [-0.15, -0.1) is 0 Å².